The highest BCUT2D eigenvalue weighted by Crippen LogP contribution is 2.21. The van der Waals surface area contributed by atoms with E-state index in [1.54, 1.807) is 17.1 Å². The van der Waals surface area contributed by atoms with E-state index in [0.29, 0.717) is 11.9 Å². The van der Waals surface area contributed by atoms with Gasteiger partial charge in [-0.25, -0.2) is 4.98 Å². The zero-order valence-corrected chi connectivity index (χ0v) is 17.3. The van der Waals surface area contributed by atoms with Crippen LogP contribution in [0, 0.1) is 0 Å². The minimum atomic E-state index is -0.0317. The number of hydrogen-bond donors (Lipinski definition) is 0. The summed E-state index contributed by atoms with van der Waals surface area (Å²) in [5.74, 6) is 0. The minimum Gasteiger partial charge on any atom is -0.369 e. The fraction of sp³-hybridized carbons (Fsp3) is 0.261. The molecule has 1 aliphatic heterocycles. The second-order valence-electron chi connectivity index (χ2n) is 7.59. The molecule has 0 N–H and O–H groups in total. The van der Waals surface area contributed by atoms with E-state index in [4.69, 9.17) is 11.6 Å². The summed E-state index contributed by atoms with van der Waals surface area (Å²) in [5, 5.41) is 2.25. The van der Waals surface area contributed by atoms with Crippen molar-refractivity contribution in [3.8, 4) is 0 Å². The molecule has 0 aliphatic carbocycles. The van der Waals surface area contributed by atoms with Crippen LogP contribution in [0.3, 0.4) is 0 Å². The van der Waals surface area contributed by atoms with Crippen molar-refractivity contribution in [3.63, 3.8) is 0 Å². The van der Waals surface area contributed by atoms with Crippen molar-refractivity contribution >= 4 is 39.1 Å². The Morgan fingerprint density at radius 1 is 0.900 bits per heavy atom. The molecule has 1 aliphatic rings. The normalized spacial score (nSPS) is 15.2. The average molecular weight is 420 g/mol. The van der Waals surface area contributed by atoms with E-state index in [0.717, 1.165) is 59.9 Å². The molecule has 0 radical (unpaired) electrons. The van der Waals surface area contributed by atoms with Crippen molar-refractivity contribution < 1.29 is 0 Å². The van der Waals surface area contributed by atoms with Gasteiger partial charge in [0.05, 0.1) is 22.7 Å². The summed E-state index contributed by atoms with van der Waals surface area (Å²) in [6.45, 7) is 5.23. The zero-order chi connectivity index (χ0) is 20.5. The van der Waals surface area contributed by atoms with Gasteiger partial charge in [-0.3, -0.25) is 19.2 Å². The second kappa shape index (κ2) is 8.05. The molecule has 7 heteroatoms. The highest BCUT2D eigenvalue weighted by molar-refractivity contribution is 6.30. The molecule has 0 atom stereocenters. The van der Waals surface area contributed by atoms with Gasteiger partial charge in [0.25, 0.3) is 5.56 Å². The first-order valence-corrected chi connectivity index (χ1v) is 10.5. The molecule has 1 saturated heterocycles. The van der Waals surface area contributed by atoms with Crippen molar-refractivity contribution in [3.05, 3.63) is 76.4 Å². The van der Waals surface area contributed by atoms with Gasteiger partial charge >= 0.3 is 0 Å². The number of halogens is 1. The van der Waals surface area contributed by atoms with E-state index in [-0.39, 0.29) is 5.56 Å². The molecule has 2 aromatic carbocycles. The van der Waals surface area contributed by atoms with Gasteiger partial charge < -0.3 is 4.90 Å². The number of anilines is 1. The monoisotopic (exact) mass is 419 g/mol. The first kappa shape index (κ1) is 19.0. The number of para-hydroxylation sites is 1. The topological polar surface area (TPSA) is 54.3 Å². The Hall–Kier alpha value is -2.96. The van der Waals surface area contributed by atoms with E-state index < -0.39 is 0 Å². The minimum absolute atomic E-state index is 0.0317. The van der Waals surface area contributed by atoms with Gasteiger partial charge in [0.2, 0.25) is 0 Å². The van der Waals surface area contributed by atoms with Crippen LogP contribution < -0.4 is 10.5 Å². The lowest BCUT2D eigenvalue weighted by molar-refractivity contribution is 0.247. The maximum Gasteiger partial charge on any atom is 0.262 e. The van der Waals surface area contributed by atoms with Crippen LogP contribution >= 0.6 is 11.6 Å². The number of rotatable bonds is 4. The van der Waals surface area contributed by atoms with Crippen LogP contribution in [0.25, 0.3) is 21.8 Å². The summed E-state index contributed by atoms with van der Waals surface area (Å²) < 4.78 is 1.70. The Bertz CT molecular complexity index is 1260. The Labute approximate surface area is 179 Å². The van der Waals surface area contributed by atoms with E-state index in [2.05, 4.69) is 25.8 Å². The number of hydrogen-bond acceptors (Lipinski definition) is 5. The highest BCUT2D eigenvalue weighted by atomic mass is 35.5. The summed E-state index contributed by atoms with van der Waals surface area (Å²) in [6.07, 6.45) is 3.31. The molecular weight excluding hydrogens is 398 g/mol. The van der Waals surface area contributed by atoms with Crippen molar-refractivity contribution in [2.45, 2.75) is 6.54 Å². The van der Waals surface area contributed by atoms with E-state index in [1.165, 1.54) is 0 Å². The second-order valence-corrected chi connectivity index (χ2v) is 8.03. The van der Waals surface area contributed by atoms with E-state index >= 15 is 0 Å². The first-order valence-electron chi connectivity index (χ1n) is 10.1. The number of pyridine rings is 1. The molecule has 3 heterocycles. The smallest absolute Gasteiger partial charge is 0.262 e. The number of piperazine rings is 1. The Morgan fingerprint density at radius 3 is 2.57 bits per heavy atom. The van der Waals surface area contributed by atoms with Crippen molar-refractivity contribution in [1.29, 1.82) is 0 Å². The van der Waals surface area contributed by atoms with Crippen molar-refractivity contribution in [1.82, 2.24) is 19.4 Å². The van der Waals surface area contributed by atoms with Crippen LogP contribution in [0.4, 0.5) is 5.69 Å². The first-order chi connectivity index (χ1) is 14.7. The molecule has 5 rings (SSSR count). The SMILES string of the molecule is O=c1c2cnc3ccccc3c2ncn1CCN1CCN(c2cccc(Cl)c2)CC1. The molecular formula is C23H22ClN5O. The molecule has 0 saturated carbocycles. The third-order valence-electron chi connectivity index (χ3n) is 5.77. The predicted octanol–water partition coefficient (Wildman–Crippen LogP) is 3.42. The highest BCUT2D eigenvalue weighted by Gasteiger charge is 2.17. The van der Waals surface area contributed by atoms with Gasteiger partial charge in [0.1, 0.15) is 0 Å². The summed E-state index contributed by atoms with van der Waals surface area (Å²) in [7, 11) is 0. The summed E-state index contributed by atoms with van der Waals surface area (Å²) in [5.41, 5.74) is 2.71. The standard InChI is InChI=1S/C23H22ClN5O/c24-17-4-3-5-18(14-17)28-11-8-27(9-12-28)10-13-29-16-26-22-19-6-1-2-7-21(19)25-15-20(22)23(29)30/h1-7,14-16H,8-13H2. The number of nitrogens with zero attached hydrogens (tertiary/aromatic N) is 5. The molecule has 6 nitrogen and oxygen atoms in total. The lowest BCUT2D eigenvalue weighted by atomic mass is 10.1. The molecule has 0 spiro atoms. The largest absolute Gasteiger partial charge is 0.369 e. The van der Waals surface area contributed by atoms with Gasteiger partial charge in [-0.05, 0) is 24.3 Å². The molecule has 30 heavy (non-hydrogen) atoms. The molecule has 0 bridgehead atoms. The third-order valence-corrected chi connectivity index (χ3v) is 6.00. The fourth-order valence-corrected chi connectivity index (χ4v) is 4.25. The fourth-order valence-electron chi connectivity index (χ4n) is 4.07. The summed E-state index contributed by atoms with van der Waals surface area (Å²) in [6, 6.07) is 15.8. The Balaban J connectivity index is 1.27. The predicted molar refractivity (Wildman–Crippen MR) is 121 cm³/mol. The number of fused-ring (bicyclic) bond motifs is 3. The van der Waals surface area contributed by atoms with Gasteiger partial charge in [-0.2, -0.15) is 0 Å². The number of benzene rings is 2. The van der Waals surface area contributed by atoms with Crippen molar-refractivity contribution in [2.75, 3.05) is 37.6 Å². The van der Waals surface area contributed by atoms with Crippen LogP contribution in [-0.4, -0.2) is 52.2 Å². The maximum atomic E-state index is 13.0. The lowest BCUT2D eigenvalue weighted by Gasteiger charge is -2.36. The van der Waals surface area contributed by atoms with Crippen LogP contribution in [0.1, 0.15) is 0 Å². The Kier molecular flexibility index (Phi) is 5.11. The maximum absolute atomic E-state index is 13.0. The molecule has 1 fully saturated rings. The molecule has 2 aromatic heterocycles. The lowest BCUT2D eigenvalue weighted by Crippen LogP contribution is -2.47. The van der Waals surface area contributed by atoms with E-state index in [9.17, 15) is 4.79 Å². The zero-order valence-electron chi connectivity index (χ0n) is 16.5. The quantitative estimate of drug-likeness (QED) is 0.474. The van der Waals surface area contributed by atoms with Crippen LogP contribution in [0.15, 0.2) is 65.8 Å². The van der Waals surface area contributed by atoms with Gasteiger partial charge in [0.15, 0.2) is 0 Å². The van der Waals surface area contributed by atoms with Crippen LogP contribution in [0.2, 0.25) is 5.02 Å². The molecule has 152 valence electrons. The van der Waals surface area contributed by atoms with Crippen LogP contribution in [-0.2, 0) is 6.54 Å². The van der Waals surface area contributed by atoms with E-state index in [1.807, 2.05) is 42.5 Å². The Morgan fingerprint density at radius 2 is 1.73 bits per heavy atom. The molecule has 4 aromatic rings. The van der Waals surface area contributed by atoms with Gasteiger partial charge in [0, 0.05) is 61.6 Å². The summed E-state index contributed by atoms with van der Waals surface area (Å²) >= 11 is 6.12. The molecule has 0 amide bonds. The van der Waals surface area contributed by atoms with Crippen LogP contribution in [0.5, 0.6) is 0 Å². The summed E-state index contributed by atoms with van der Waals surface area (Å²) in [4.78, 5) is 26.7. The average Bonchev–Trinajstić information content (AvgIpc) is 2.79. The van der Waals surface area contributed by atoms with Gasteiger partial charge in [-0.1, -0.05) is 35.9 Å². The van der Waals surface area contributed by atoms with Gasteiger partial charge in [-0.15, -0.1) is 0 Å². The molecule has 0 unspecified atom stereocenters. The van der Waals surface area contributed by atoms with Crippen molar-refractivity contribution in [2.24, 2.45) is 0 Å². The number of aromatic nitrogens is 3. The third kappa shape index (κ3) is 3.64.